The van der Waals surface area contributed by atoms with Gasteiger partial charge in [-0.3, -0.25) is 4.98 Å². The molecule has 0 radical (unpaired) electrons. The Balaban J connectivity index is 1.81. The van der Waals surface area contributed by atoms with Gasteiger partial charge in [0, 0.05) is 23.5 Å². The fourth-order valence-electron chi connectivity index (χ4n) is 2.06. The van der Waals surface area contributed by atoms with E-state index in [1.54, 1.807) is 23.3 Å². The van der Waals surface area contributed by atoms with Gasteiger partial charge in [0.05, 0.1) is 12.8 Å². The number of pyridine rings is 1. The molecule has 3 rings (SSSR count). The molecule has 0 spiro atoms. The van der Waals surface area contributed by atoms with E-state index in [1.807, 2.05) is 43.3 Å². The van der Waals surface area contributed by atoms with Gasteiger partial charge < -0.3 is 4.74 Å². The molecule has 2 aromatic heterocycles. The van der Waals surface area contributed by atoms with E-state index in [1.165, 1.54) is 0 Å². The van der Waals surface area contributed by atoms with Crippen LogP contribution in [0.25, 0.3) is 11.4 Å². The van der Waals surface area contributed by atoms with Crippen molar-refractivity contribution >= 4 is 18.4 Å². The van der Waals surface area contributed by atoms with Gasteiger partial charge in [-0.25, -0.2) is 10.6 Å². The maximum absolute atomic E-state index is 5.45. The van der Waals surface area contributed by atoms with Gasteiger partial charge in [0.15, 0.2) is 5.82 Å². The molecule has 0 amide bonds. The molecule has 1 aromatic carbocycles. The standard InChI is InChI=1S/C16H16N6OS/c1-2-23-14-7-5-13(6-8-14)15-19-20-16(24)22(15)21-18-11-12-4-3-9-17-10-12/h3-11,21H,2H2,1H3,(H,20,24)/b18-11-. The minimum atomic E-state index is 0.419. The van der Waals surface area contributed by atoms with Gasteiger partial charge in [-0.05, 0) is 49.5 Å². The summed E-state index contributed by atoms with van der Waals surface area (Å²) in [5.41, 5.74) is 4.64. The summed E-state index contributed by atoms with van der Waals surface area (Å²) >= 11 is 5.24. The van der Waals surface area contributed by atoms with Gasteiger partial charge >= 0.3 is 0 Å². The highest BCUT2D eigenvalue weighted by atomic mass is 32.1. The van der Waals surface area contributed by atoms with E-state index in [0.29, 0.717) is 17.2 Å². The second-order valence-corrected chi connectivity index (χ2v) is 5.18. The Kier molecular flexibility index (Phi) is 4.97. The zero-order chi connectivity index (χ0) is 16.8. The number of aromatic amines is 1. The highest BCUT2D eigenvalue weighted by Gasteiger charge is 2.08. The molecule has 0 aliphatic carbocycles. The Morgan fingerprint density at radius 1 is 1.33 bits per heavy atom. The SMILES string of the molecule is CCOc1ccc(-c2n[nH]c(=S)n2N/N=C\c2cccnc2)cc1. The van der Waals surface area contributed by atoms with Gasteiger partial charge in [-0.1, -0.05) is 6.07 Å². The molecule has 0 saturated heterocycles. The number of H-pyrrole nitrogens is 1. The fourth-order valence-corrected chi connectivity index (χ4v) is 2.24. The number of hydrazone groups is 1. The van der Waals surface area contributed by atoms with Crippen LogP contribution in [-0.4, -0.2) is 32.7 Å². The van der Waals surface area contributed by atoms with Crippen molar-refractivity contribution < 1.29 is 4.74 Å². The van der Waals surface area contributed by atoms with Gasteiger partial charge in [-0.2, -0.15) is 14.9 Å². The summed E-state index contributed by atoms with van der Waals surface area (Å²) in [4.78, 5) is 4.03. The molecule has 24 heavy (non-hydrogen) atoms. The third-order valence-electron chi connectivity index (χ3n) is 3.15. The van der Waals surface area contributed by atoms with E-state index in [4.69, 9.17) is 17.0 Å². The van der Waals surface area contributed by atoms with Gasteiger partial charge in [-0.15, -0.1) is 0 Å². The zero-order valence-electron chi connectivity index (χ0n) is 13.0. The van der Waals surface area contributed by atoms with Gasteiger partial charge in [0.25, 0.3) is 0 Å². The summed E-state index contributed by atoms with van der Waals surface area (Å²) in [5, 5.41) is 11.2. The lowest BCUT2D eigenvalue weighted by Gasteiger charge is -2.07. The molecule has 3 aromatic rings. The summed E-state index contributed by atoms with van der Waals surface area (Å²) in [6, 6.07) is 11.4. The van der Waals surface area contributed by atoms with Crippen LogP contribution in [0.1, 0.15) is 12.5 Å². The molecule has 0 aliphatic heterocycles. The molecule has 0 saturated carbocycles. The first-order chi connectivity index (χ1) is 11.8. The Labute approximate surface area is 144 Å². The molecular formula is C16H16N6OS. The Bertz CT molecular complexity index is 870. The Hall–Kier alpha value is -3.00. The average Bonchev–Trinajstić information content (AvgIpc) is 2.98. The van der Waals surface area contributed by atoms with Crippen LogP contribution in [0, 0.1) is 4.77 Å². The number of aromatic nitrogens is 4. The van der Waals surface area contributed by atoms with Crippen LogP contribution in [0.4, 0.5) is 0 Å². The predicted molar refractivity (Wildman–Crippen MR) is 95.2 cm³/mol. The van der Waals surface area contributed by atoms with Crippen molar-refractivity contribution in [3.05, 3.63) is 59.1 Å². The minimum Gasteiger partial charge on any atom is -0.494 e. The van der Waals surface area contributed by atoms with Crippen LogP contribution in [0.2, 0.25) is 0 Å². The van der Waals surface area contributed by atoms with Crippen LogP contribution < -0.4 is 10.3 Å². The van der Waals surface area contributed by atoms with Gasteiger partial charge in [0.2, 0.25) is 4.77 Å². The maximum atomic E-state index is 5.45. The minimum absolute atomic E-state index is 0.419. The van der Waals surface area contributed by atoms with E-state index in [2.05, 4.69) is 25.8 Å². The van der Waals surface area contributed by atoms with E-state index >= 15 is 0 Å². The summed E-state index contributed by atoms with van der Waals surface area (Å²) in [7, 11) is 0. The number of ether oxygens (including phenoxy) is 1. The third-order valence-corrected chi connectivity index (χ3v) is 3.43. The van der Waals surface area contributed by atoms with E-state index in [9.17, 15) is 0 Å². The second kappa shape index (κ2) is 7.51. The molecule has 0 bridgehead atoms. The first-order valence-electron chi connectivity index (χ1n) is 7.37. The van der Waals surface area contributed by atoms with Crippen LogP contribution in [-0.2, 0) is 0 Å². The van der Waals surface area contributed by atoms with Crippen molar-refractivity contribution in [2.75, 3.05) is 12.1 Å². The smallest absolute Gasteiger partial charge is 0.216 e. The average molecular weight is 340 g/mol. The number of benzene rings is 1. The Morgan fingerprint density at radius 2 is 2.17 bits per heavy atom. The number of hydrogen-bond acceptors (Lipinski definition) is 6. The highest BCUT2D eigenvalue weighted by molar-refractivity contribution is 7.71. The van der Waals surface area contributed by atoms with Crippen molar-refractivity contribution in [2.24, 2.45) is 5.10 Å². The van der Waals surface area contributed by atoms with Crippen molar-refractivity contribution in [3.8, 4) is 17.1 Å². The lowest BCUT2D eigenvalue weighted by atomic mass is 10.2. The van der Waals surface area contributed by atoms with E-state index in [0.717, 1.165) is 16.9 Å². The normalized spacial score (nSPS) is 10.9. The summed E-state index contributed by atoms with van der Waals surface area (Å²) < 4.78 is 7.46. The molecule has 0 unspecified atom stereocenters. The number of hydrogen-bond donors (Lipinski definition) is 2. The molecular weight excluding hydrogens is 324 g/mol. The molecule has 2 heterocycles. The van der Waals surface area contributed by atoms with Crippen molar-refractivity contribution in [3.63, 3.8) is 0 Å². The number of rotatable bonds is 6. The van der Waals surface area contributed by atoms with Crippen molar-refractivity contribution in [1.82, 2.24) is 19.9 Å². The maximum Gasteiger partial charge on any atom is 0.216 e. The topological polar surface area (TPSA) is 80.1 Å². The van der Waals surface area contributed by atoms with Crippen LogP contribution in [0.15, 0.2) is 53.9 Å². The molecule has 2 N–H and O–H groups in total. The molecule has 0 aliphatic rings. The molecule has 8 heteroatoms. The highest BCUT2D eigenvalue weighted by Crippen LogP contribution is 2.20. The van der Waals surface area contributed by atoms with E-state index in [-0.39, 0.29) is 0 Å². The number of nitrogens with one attached hydrogen (secondary N) is 2. The largest absolute Gasteiger partial charge is 0.494 e. The fraction of sp³-hybridized carbons (Fsp3) is 0.125. The third kappa shape index (κ3) is 3.66. The second-order valence-electron chi connectivity index (χ2n) is 4.79. The first-order valence-corrected chi connectivity index (χ1v) is 7.78. The monoisotopic (exact) mass is 340 g/mol. The number of nitrogens with zero attached hydrogens (tertiary/aromatic N) is 4. The molecule has 0 atom stereocenters. The first kappa shape index (κ1) is 15.9. The van der Waals surface area contributed by atoms with E-state index < -0.39 is 0 Å². The molecule has 7 nitrogen and oxygen atoms in total. The predicted octanol–water partition coefficient (Wildman–Crippen LogP) is 2.98. The summed E-state index contributed by atoms with van der Waals surface area (Å²) in [5.74, 6) is 1.44. The summed E-state index contributed by atoms with van der Waals surface area (Å²) in [6.45, 7) is 2.58. The van der Waals surface area contributed by atoms with Crippen LogP contribution in [0.5, 0.6) is 5.75 Å². The van der Waals surface area contributed by atoms with Crippen molar-refractivity contribution in [2.45, 2.75) is 6.92 Å². The molecule has 0 fully saturated rings. The zero-order valence-corrected chi connectivity index (χ0v) is 13.8. The van der Waals surface area contributed by atoms with Crippen LogP contribution >= 0.6 is 12.2 Å². The quantitative estimate of drug-likeness (QED) is 0.410. The van der Waals surface area contributed by atoms with Gasteiger partial charge in [0.1, 0.15) is 5.75 Å². The van der Waals surface area contributed by atoms with Crippen LogP contribution in [0.3, 0.4) is 0 Å². The summed E-state index contributed by atoms with van der Waals surface area (Å²) in [6.07, 6.45) is 5.08. The molecule has 122 valence electrons. The Morgan fingerprint density at radius 3 is 2.88 bits per heavy atom. The lowest BCUT2D eigenvalue weighted by molar-refractivity contribution is 0.340. The lowest BCUT2D eigenvalue weighted by Crippen LogP contribution is -2.10. The van der Waals surface area contributed by atoms with Crippen molar-refractivity contribution in [1.29, 1.82) is 0 Å².